The number of hydrogen-bond donors (Lipinski definition) is 1. The van der Waals surface area contributed by atoms with Gasteiger partial charge >= 0.3 is 0 Å². The first-order chi connectivity index (χ1) is 9.16. The Kier molecular flexibility index (Phi) is 5.85. The molecule has 0 heterocycles. The number of sulfone groups is 2. The van der Waals surface area contributed by atoms with E-state index >= 15 is 0 Å². The van der Waals surface area contributed by atoms with Gasteiger partial charge in [0, 0.05) is 24.9 Å². The monoisotopic (exact) mass is 339 g/mol. The molecule has 0 aliphatic heterocycles. The van der Waals surface area contributed by atoms with E-state index in [1.165, 1.54) is 18.2 Å². The summed E-state index contributed by atoms with van der Waals surface area (Å²) < 4.78 is 46.5. The molecule has 0 unspecified atom stereocenters. The van der Waals surface area contributed by atoms with Crippen LogP contribution in [0.5, 0.6) is 0 Å². The lowest BCUT2D eigenvalue weighted by Gasteiger charge is -2.12. The zero-order valence-corrected chi connectivity index (χ0v) is 13.8. The van der Waals surface area contributed by atoms with Gasteiger partial charge in [-0.2, -0.15) is 0 Å². The van der Waals surface area contributed by atoms with Crippen LogP contribution >= 0.6 is 11.6 Å². The molecule has 0 saturated heterocycles. The highest BCUT2D eigenvalue weighted by molar-refractivity contribution is 7.91. The van der Waals surface area contributed by atoms with E-state index in [2.05, 4.69) is 5.32 Å². The summed E-state index contributed by atoms with van der Waals surface area (Å²) in [5, 5.41) is 3.00. The maximum Gasteiger partial charge on any atom is 0.177 e. The highest BCUT2D eigenvalue weighted by Gasteiger charge is 2.17. The zero-order valence-electron chi connectivity index (χ0n) is 11.4. The van der Waals surface area contributed by atoms with E-state index in [-0.39, 0.29) is 9.79 Å². The summed E-state index contributed by atoms with van der Waals surface area (Å²) in [6, 6.07) is 4.07. The van der Waals surface area contributed by atoms with Crippen LogP contribution in [0.1, 0.15) is 12.8 Å². The lowest BCUT2D eigenvalue weighted by Crippen LogP contribution is -2.09. The molecule has 0 spiro atoms. The normalized spacial score (nSPS) is 12.3. The molecule has 114 valence electrons. The zero-order chi connectivity index (χ0) is 15.4. The van der Waals surface area contributed by atoms with Gasteiger partial charge in [0.25, 0.3) is 0 Å². The van der Waals surface area contributed by atoms with Gasteiger partial charge in [-0.3, -0.25) is 0 Å². The minimum absolute atomic E-state index is 0.00806. The topological polar surface area (TPSA) is 80.3 Å². The van der Waals surface area contributed by atoms with E-state index in [0.717, 1.165) is 25.4 Å². The summed E-state index contributed by atoms with van der Waals surface area (Å²) in [5.74, 6) is 0.549. The molecular formula is C12H18ClNO4S2. The quantitative estimate of drug-likeness (QED) is 0.606. The van der Waals surface area contributed by atoms with Crippen LogP contribution in [0.25, 0.3) is 0 Å². The van der Waals surface area contributed by atoms with E-state index in [1.54, 1.807) is 0 Å². The van der Waals surface area contributed by atoms with Crippen molar-refractivity contribution in [1.29, 1.82) is 0 Å². The van der Waals surface area contributed by atoms with Crippen molar-refractivity contribution in [2.24, 2.45) is 0 Å². The fourth-order valence-electron chi connectivity index (χ4n) is 1.63. The predicted molar refractivity (Wildman–Crippen MR) is 81.1 cm³/mol. The molecule has 0 aliphatic rings. The summed E-state index contributed by atoms with van der Waals surface area (Å²) in [5.41, 5.74) is 0.412. The van der Waals surface area contributed by atoms with Crippen LogP contribution in [-0.2, 0) is 19.7 Å². The largest absolute Gasteiger partial charge is 0.384 e. The first-order valence-corrected chi connectivity index (χ1v) is 10.3. The lowest BCUT2D eigenvalue weighted by atomic mass is 10.3. The van der Waals surface area contributed by atoms with Gasteiger partial charge in [-0.25, -0.2) is 16.8 Å². The molecule has 0 fully saturated rings. The minimum Gasteiger partial charge on any atom is -0.384 e. The smallest absolute Gasteiger partial charge is 0.177 e. The van der Waals surface area contributed by atoms with Crippen LogP contribution in [0, 0.1) is 0 Å². The Morgan fingerprint density at radius 1 is 1.05 bits per heavy atom. The van der Waals surface area contributed by atoms with Crippen LogP contribution in [0.2, 0.25) is 0 Å². The van der Waals surface area contributed by atoms with Gasteiger partial charge in [0.15, 0.2) is 19.7 Å². The first kappa shape index (κ1) is 17.3. The Hall–Kier alpha value is -0.790. The Balaban J connectivity index is 3.12. The number of unbranched alkanes of at least 4 members (excludes halogenated alkanes) is 1. The second kappa shape index (κ2) is 6.78. The van der Waals surface area contributed by atoms with Gasteiger partial charge < -0.3 is 5.32 Å². The Morgan fingerprint density at radius 2 is 1.70 bits per heavy atom. The van der Waals surface area contributed by atoms with E-state index in [0.29, 0.717) is 18.1 Å². The van der Waals surface area contributed by atoms with Crippen molar-refractivity contribution in [3.05, 3.63) is 18.2 Å². The number of halogens is 1. The number of alkyl halides is 1. The van der Waals surface area contributed by atoms with Crippen LogP contribution in [0.15, 0.2) is 28.0 Å². The molecule has 0 aromatic heterocycles. The lowest BCUT2D eigenvalue weighted by molar-refractivity contribution is 0.600. The molecule has 5 nitrogen and oxygen atoms in total. The molecule has 0 atom stereocenters. The van der Waals surface area contributed by atoms with E-state index in [9.17, 15) is 16.8 Å². The van der Waals surface area contributed by atoms with Crippen molar-refractivity contribution in [3.8, 4) is 0 Å². The van der Waals surface area contributed by atoms with Crippen LogP contribution in [0.3, 0.4) is 0 Å². The molecule has 0 saturated carbocycles. The van der Waals surface area contributed by atoms with Crippen molar-refractivity contribution < 1.29 is 16.8 Å². The fourth-order valence-corrected chi connectivity index (χ4v) is 3.42. The predicted octanol–water partition coefficient (Wildman–Crippen LogP) is 1.92. The third-order valence-electron chi connectivity index (χ3n) is 2.66. The van der Waals surface area contributed by atoms with Crippen molar-refractivity contribution in [2.45, 2.75) is 22.6 Å². The first-order valence-electron chi connectivity index (χ1n) is 6.00. The molecule has 1 rings (SSSR count). The van der Waals surface area contributed by atoms with Crippen LogP contribution in [0.4, 0.5) is 5.69 Å². The molecular weight excluding hydrogens is 322 g/mol. The standard InChI is InChI=1S/C12H18ClNO4S2/c1-19(15,16)10-5-6-11(14-8-4-3-7-13)12(9-10)20(2,17)18/h5-6,9,14H,3-4,7-8H2,1-2H3. The average molecular weight is 340 g/mol. The second-order valence-electron chi connectivity index (χ2n) is 4.53. The molecule has 0 bridgehead atoms. The van der Waals surface area contributed by atoms with Gasteiger partial charge in [-0.05, 0) is 31.0 Å². The average Bonchev–Trinajstić information content (AvgIpc) is 2.32. The summed E-state index contributed by atoms with van der Waals surface area (Å²) >= 11 is 5.57. The number of nitrogens with one attached hydrogen (secondary N) is 1. The molecule has 0 radical (unpaired) electrons. The van der Waals surface area contributed by atoms with E-state index in [4.69, 9.17) is 11.6 Å². The molecule has 0 amide bonds. The maximum absolute atomic E-state index is 11.8. The summed E-state index contributed by atoms with van der Waals surface area (Å²) in [6.45, 7) is 0.577. The molecule has 20 heavy (non-hydrogen) atoms. The highest BCUT2D eigenvalue weighted by atomic mass is 35.5. The van der Waals surface area contributed by atoms with Gasteiger partial charge in [0.05, 0.1) is 15.5 Å². The van der Waals surface area contributed by atoms with Gasteiger partial charge in [-0.15, -0.1) is 11.6 Å². The SMILES string of the molecule is CS(=O)(=O)c1ccc(NCCCCCl)c(S(C)(=O)=O)c1. The molecule has 1 aromatic rings. The number of rotatable bonds is 7. The van der Waals surface area contributed by atoms with E-state index < -0.39 is 19.7 Å². The van der Waals surface area contributed by atoms with Crippen molar-refractivity contribution in [3.63, 3.8) is 0 Å². The Labute approximate surface area is 125 Å². The third-order valence-corrected chi connectivity index (χ3v) is 5.17. The van der Waals surface area contributed by atoms with E-state index in [1.807, 2.05) is 0 Å². The van der Waals surface area contributed by atoms with Crippen LogP contribution < -0.4 is 5.32 Å². The Bertz CT molecular complexity index is 669. The number of hydrogen-bond acceptors (Lipinski definition) is 5. The minimum atomic E-state index is -3.51. The molecule has 8 heteroatoms. The second-order valence-corrected chi connectivity index (χ2v) is 8.90. The van der Waals surface area contributed by atoms with Gasteiger partial charge in [0.1, 0.15) is 0 Å². The molecule has 1 aromatic carbocycles. The van der Waals surface area contributed by atoms with Crippen molar-refractivity contribution >= 4 is 37.0 Å². The van der Waals surface area contributed by atoms with Gasteiger partial charge in [0.2, 0.25) is 0 Å². The van der Waals surface area contributed by atoms with Crippen LogP contribution in [-0.4, -0.2) is 41.8 Å². The van der Waals surface area contributed by atoms with Crippen molar-refractivity contribution in [1.82, 2.24) is 0 Å². The molecule has 0 aliphatic carbocycles. The fraction of sp³-hybridized carbons (Fsp3) is 0.500. The summed E-state index contributed by atoms with van der Waals surface area (Å²) in [7, 11) is -6.95. The Morgan fingerprint density at radius 3 is 2.20 bits per heavy atom. The highest BCUT2D eigenvalue weighted by Crippen LogP contribution is 2.25. The summed E-state index contributed by atoms with van der Waals surface area (Å²) in [6.07, 6.45) is 3.73. The van der Waals surface area contributed by atoms with Gasteiger partial charge in [-0.1, -0.05) is 0 Å². The van der Waals surface area contributed by atoms with Crippen molar-refractivity contribution in [2.75, 3.05) is 30.3 Å². The number of anilines is 1. The summed E-state index contributed by atoms with van der Waals surface area (Å²) in [4.78, 5) is -0.0180. The molecule has 1 N–H and O–H groups in total. The maximum atomic E-state index is 11.8. The number of benzene rings is 1. The third kappa shape index (κ3) is 4.96.